The molecular weight excluding hydrogens is 370 g/mol. The molecule has 0 aliphatic carbocycles. The first-order valence-electron chi connectivity index (χ1n) is 9.26. The van der Waals surface area contributed by atoms with E-state index in [9.17, 15) is 8.42 Å². The summed E-state index contributed by atoms with van der Waals surface area (Å²) in [4.78, 5) is 4.76. The molecule has 1 N–H and O–H groups in total. The van der Waals surface area contributed by atoms with E-state index in [1.54, 1.807) is 6.20 Å². The van der Waals surface area contributed by atoms with Crippen LogP contribution in [0.3, 0.4) is 0 Å². The van der Waals surface area contributed by atoms with Crippen LogP contribution in [0.5, 0.6) is 0 Å². The molecule has 0 fully saturated rings. The van der Waals surface area contributed by atoms with Crippen LogP contribution in [0, 0.1) is 34.6 Å². The maximum absolute atomic E-state index is 13.5. The average Bonchev–Trinajstić information content (AvgIpc) is 3.09. The predicted molar refractivity (Wildman–Crippen MR) is 112 cm³/mol. The molecule has 5 nitrogen and oxygen atoms in total. The van der Waals surface area contributed by atoms with Gasteiger partial charge < -0.3 is 4.57 Å². The van der Waals surface area contributed by atoms with E-state index < -0.39 is 16.1 Å². The predicted octanol–water partition coefficient (Wildman–Crippen LogP) is 4.03. The van der Waals surface area contributed by atoms with Crippen LogP contribution in [-0.2, 0) is 17.1 Å². The number of nitrogens with one attached hydrogen (secondary N) is 1. The van der Waals surface area contributed by atoms with Gasteiger partial charge in [-0.3, -0.25) is 0 Å². The Hall–Kier alpha value is -2.44. The zero-order chi connectivity index (χ0) is 20.6. The van der Waals surface area contributed by atoms with Crippen molar-refractivity contribution in [2.24, 2.45) is 7.05 Å². The third-order valence-electron chi connectivity index (χ3n) is 5.72. The van der Waals surface area contributed by atoms with E-state index in [2.05, 4.69) is 9.71 Å². The lowest BCUT2D eigenvalue weighted by Crippen LogP contribution is -2.32. The lowest BCUT2D eigenvalue weighted by Gasteiger charge is -2.23. The van der Waals surface area contributed by atoms with Gasteiger partial charge in [-0.2, -0.15) is 4.72 Å². The molecule has 0 aliphatic rings. The van der Waals surface area contributed by atoms with Gasteiger partial charge in [0.2, 0.25) is 10.0 Å². The third-order valence-corrected chi connectivity index (χ3v) is 7.42. The van der Waals surface area contributed by atoms with Crippen LogP contribution in [0.25, 0.3) is 0 Å². The van der Waals surface area contributed by atoms with E-state index in [4.69, 9.17) is 0 Å². The SMILES string of the molecule is Cc1c(C)c(C)c(S(=O)(=O)NC(c2ccccc2)c2nccn2C)c(C)c1C. The van der Waals surface area contributed by atoms with Crippen LogP contribution in [0.1, 0.15) is 45.2 Å². The molecule has 0 radical (unpaired) electrons. The van der Waals surface area contributed by atoms with E-state index in [0.29, 0.717) is 10.7 Å². The van der Waals surface area contributed by atoms with Crippen molar-refractivity contribution in [2.75, 3.05) is 0 Å². The second-order valence-electron chi connectivity index (χ2n) is 7.32. The van der Waals surface area contributed by atoms with Crippen molar-refractivity contribution >= 4 is 10.0 Å². The number of hydrogen-bond acceptors (Lipinski definition) is 3. The molecule has 28 heavy (non-hydrogen) atoms. The molecule has 0 aliphatic heterocycles. The van der Waals surface area contributed by atoms with Gasteiger partial charge in [0.1, 0.15) is 11.9 Å². The molecule has 0 bridgehead atoms. The summed E-state index contributed by atoms with van der Waals surface area (Å²) < 4.78 is 31.8. The summed E-state index contributed by atoms with van der Waals surface area (Å²) >= 11 is 0. The molecule has 6 heteroatoms. The monoisotopic (exact) mass is 397 g/mol. The van der Waals surface area contributed by atoms with Gasteiger partial charge in [-0.05, 0) is 68.0 Å². The van der Waals surface area contributed by atoms with E-state index in [-0.39, 0.29) is 0 Å². The minimum atomic E-state index is -3.78. The zero-order valence-corrected chi connectivity index (χ0v) is 18.1. The molecule has 3 aromatic rings. The summed E-state index contributed by atoms with van der Waals surface area (Å²) in [5.74, 6) is 0.644. The van der Waals surface area contributed by atoms with Crippen molar-refractivity contribution in [3.63, 3.8) is 0 Å². The van der Waals surface area contributed by atoms with Crippen molar-refractivity contribution in [1.29, 1.82) is 0 Å². The van der Waals surface area contributed by atoms with E-state index >= 15 is 0 Å². The molecule has 0 saturated carbocycles. The number of sulfonamides is 1. The number of aryl methyl sites for hydroxylation is 1. The van der Waals surface area contributed by atoms with Crippen LogP contribution in [0.2, 0.25) is 0 Å². The lowest BCUT2D eigenvalue weighted by molar-refractivity contribution is 0.561. The van der Waals surface area contributed by atoms with Gasteiger partial charge in [-0.25, -0.2) is 13.4 Å². The van der Waals surface area contributed by atoms with Crippen LogP contribution >= 0.6 is 0 Å². The maximum atomic E-state index is 13.5. The smallest absolute Gasteiger partial charge is 0.242 e. The van der Waals surface area contributed by atoms with Crippen LogP contribution in [0.15, 0.2) is 47.6 Å². The Labute approximate surface area is 167 Å². The molecule has 1 atom stereocenters. The summed E-state index contributed by atoms with van der Waals surface area (Å²) in [5.41, 5.74) is 5.59. The number of benzene rings is 2. The Bertz CT molecular complexity index is 1090. The zero-order valence-electron chi connectivity index (χ0n) is 17.2. The maximum Gasteiger partial charge on any atom is 0.242 e. The van der Waals surface area contributed by atoms with Gasteiger partial charge in [-0.15, -0.1) is 0 Å². The van der Waals surface area contributed by atoms with Gasteiger partial charge in [0.25, 0.3) is 0 Å². The molecular formula is C22H27N3O2S. The summed E-state index contributed by atoms with van der Waals surface area (Å²) in [5, 5.41) is 0. The van der Waals surface area contributed by atoms with Gasteiger partial charge in [0.05, 0.1) is 4.90 Å². The van der Waals surface area contributed by atoms with E-state index in [1.807, 2.05) is 82.8 Å². The minimum absolute atomic E-state index is 0.364. The number of hydrogen-bond donors (Lipinski definition) is 1. The van der Waals surface area contributed by atoms with E-state index in [1.165, 1.54) is 0 Å². The number of imidazole rings is 1. The van der Waals surface area contributed by atoms with Crippen molar-refractivity contribution in [1.82, 2.24) is 14.3 Å². The second kappa shape index (κ2) is 7.53. The Morgan fingerprint density at radius 1 is 0.893 bits per heavy atom. The largest absolute Gasteiger partial charge is 0.336 e. The van der Waals surface area contributed by atoms with Crippen molar-refractivity contribution in [2.45, 2.75) is 45.6 Å². The van der Waals surface area contributed by atoms with Gasteiger partial charge in [-0.1, -0.05) is 30.3 Å². The van der Waals surface area contributed by atoms with Crippen LogP contribution in [-0.4, -0.2) is 18.0 Å². The minimum Gasteiger partial charge on any atom is -0.336 e. The van der Waals surface area contributed by atoms with Crippen LogP contribution < -0.4 is 4.72 Å². The Kier molecular flexibility index (Phi) is 5.46. The van der Waals surface area contributed by atoms with Crippen LogP contribution in [0.4, 0.5) is 0 Å². The molecule has 0 saturated heterocycles. The van der Waals surface area contributed by atoms with Crippen molar-refractivity contribution < 1.29 is 8.42 Å². The normalized spacial score (nSPS) is 12.9. The molecule has 0 amide bonds. The van der Waals surface area contributed by atoms with Gasteiger partial charge >= 0.3 is 0 Å². The van der Waals surface area contributed by atoms with Crippen molar-refractivity contribution in [3.05, 3.63) is 81.9 Å². The Balaban J connectivity index is 2.16. The quantitative estimate of drug-likeness (QED) is 0.707. The summed E-state index contributed by atoms with van der Waals surface area (Å²) in [6.45, 7) is 9.74. The fraction of sp³-hybridized carbons (Fsp3) is 0.318. The highest BCUT2D eigenvalue weighted by Gasteiger charge is 2.29. The molecule has 1 unspecified atom stereocenters. The second-order valence-corrected chi connectivity index (χ2v) is 8.97. The fourth-order valence-corrected chi connectivity index (χ4v) is 5.44. The summed E-state index contributed by atoms with van der Waals surface area (Å²) in [6.07, 6.45) is 3.49. The fourth-order valence-electron chi connectivity index (χ4n) is 3.65. The highest BCUT2D eigenvalue weighted by molar-refractivity contribution is 7.89. The third kappa shape index (κ3) is 3.50. The number of rotatable bonds is 5. The summed E-state index contributed by atoms with van der Waals surface area (Å²) in [7, 11) is -1.91. The Morgan fingerprint density at radius 3 is 1.93 bits per heavy atom. The molecule has 1 heterocycles. The Morgan fingerprint density at radius 2 is 1.43 bits per heavy atom. The lowest BCUT2D eigenvalue weighted by atomic mass is 9.95. The average molecular weight is 398 g/mol. The standard InChI is InChI=1S/C22H27N3O2S/c1-14-15(2)17(4)21(18(5)16(14)3)28(26,27)24-20(19-10-8-7-9-11-19)22-23-12-13-25(22)6/h7-13,20,24H,1-6H3. The molecule has 3 rings (SSSR count). The first-order valence-corrected chi connectivity index (χ1v) is 10.7. The number of nitrogens with zero attached hydrogens (tertiary/aromatic N) is 2. The first-order chi connectivity index (χ1) is 13.1. The molecule has 2 aromatic carbocycles. The summed E-state index contributed by atoms with van der Waals surface area (Å²) in [6, 6.07) is 8.95. The van der Waals surface area contributed by atoms with Gasteiger partial charge in [0, 0.05) is 19.4 Å². The molecule has 148 valence electrons. The van der Waals surface area contributed by atoms with E-state index in [0.717, 1.165) is 33.4 Å². The van der Waals surface area contributed by atoms with Gasteiger partial charge in [0.15, 0.2) is 0 Å². The molecule has 1 aromatic heterocycles. The highest BCUT2D eigenvalue weighted by Crippen LogP contribution is 2.31. The topological polar surface area (TPSA) is 64.0 Å². The highest BCUT2D eigenvalue weighted by atomic mass is 32.2. The first kappa shape index (κ1) is 20.3. The molecule has 0 spiro atoms. The van der Waals surface area contributed by atoms with Crippen molar-refractivity contribution in [3.8, 4) is 0 Å². The number of aromatic nitrogens is 2.